The summed E-state index contributed by atoms with van der Waals surface area (Å²) in [6.07, 6.45) is 0.792. The second kappa shape index (κ2) is 5.66. The summed E-state index contributed by atoms with van der Waals surface area (Å²) < 4.78 is 25.9. The Morgan fingerprint density at radius 2 is 2.13 bits per heavy atom. The molecule has 15 heavy (non-hydrogen) atoms. The summed E-state index contributed by atoms with van der Waals surface area (Å²) >= 11 is 0. The smallest absolute Gasteiger partial charge is 0.146 e. The minimum Gasteiger partial charge on any atom is -0.396 e. The summed E-state index contributed by atoms with van der Waals surface area (Å²) in [5, 5.41) is 11.7. The Hall–Kier alpha value is -1.16. The molecule has 0 aliphatic carbocycles. The van der Waals surface area contributed by atoms with E-state index >= 15 is 0 Å². The highest BCUT2D eigenvalue weighted by molar-refractivity contribution is 5.44. The maximum absolute atomic E-state index is 13.1. The van der Waals surface area contributed by atoms with Crippen molar-refractivity contribution in [2.24, 2.45) is 5.92 Å². The van der Waals surface area contributed by atoms with Gasteiger partial charge in [0.2, 0.25) is 0 Å². The average Bonchev–Trinajstić information content (AvgIpc) is 2.24. The van der Waals surface area contributed by atoms with Crippen LogP contribution >= 0.6 is 0 Å². The lowest BCUT2D eigenvalue weighted by molar-refractivity contribution is 0.230. The zero-order chi connectivity index (χ0) is 11.3. The van der Waals surface area contributed by atoms with E-state index in [1.807, 2.05) is 6.92 Å². The molecule has 1 aromatic carbocycles. The van der Waals surface area contributed by atoms with E-state index in [-0.39, 0.29) is 18.2 Å². The molecule has 2 N–H and O–H groups in total. The summed E-state index contributed by atoms with van der Waals surface area (Å²) in [5.41, 5.74) is 0.141. The number of aliphatic hydroxyl groups excluding tert-OH is 1. The molecule has 1 unspecified atom stereocenters. The Morgan fingerprint density at radius 1 is 1.40 bits per heavy atom. The van der Waals surface area contributed by atoms with Gasteiger partial charge >= 0.3 is 0 Å². The lowest BCUT2D eigenvalue weighted by Gasteiger charge is -2.14. The molecule has 0 radical (unpaired) electrons. The van der Waals surface area contributed by atoms with E-state index in [0.717, 1.165) is 24.6 Å². The van der Waals surface area contributed by atoms with Gasteiger partial charge < -0.3 is 10.4 Å². The van der Waals surface area contributed by atoms with Crippen LogP contribution in [0.1, 0.15) is 13.3 Å². The monoisotopic (exact) mass is 215 g/mol. The van der Waals surface area contributed by atoms with E-state index in [1.54, 1.807) is 0 Å². The number of aliphatic hydroxyl groups is 1. The van der Waals surface area contributed by atoms with Gasteiger partial charge in [-0.3, -0.25) is 0 Å². The van der Waals surface area contributed by atoms with Gasteiger partial charge in [-0.2, -0.15) is 0 Å². The SMILES string of the molecule is CCC(CO)CNc1cc(F)ccc1F. The first kappa shape index (κ1) is 11.9. The molecule has 1 aromatic rings. The Balaban J connectivity index is 2.60. The summed E-state index contributed by atoms with van der Waals surface area (Å²) in [4.78, 5) is 0. The van der Waals surface area contributed by atoms with Crippen LogP contribution in [0.2, 0.25) is 0 Å². The number of hydrogen-bond acceptors (Lipinski definition) is 2. The molecule has 0 aromatic heterocycles. The van der Waals surface area contributed by atoms with Gasteiger partial charge in [-0.05, 0) is 30.5 Å². The molecule has 2 nitrogen and oxygen atoms in total. The number of halogens is 2. The predicted octanol–water partition coefficient (Wildman–Crippen LogP) is 2.40. The lowest BCUT2D eigenvalue weighted by Crippen LogP contribution is -2.17. The predicted molar refractivity (Wildman–Crippen MR) is 55.7 cm³/mol. The van der Waals surface area contributed by atoms with Gasteiger partial charge in [0, 0.05) is 13.2 Å². The molecule has 0 bridgehead atoms. The largest absolute Gasteiger partial charge is 0.396 e. The third-order valence-corrected chi connectivity index (χ3v) is 2.35. The number of rotatable bonds is 5. The second-order valence-corrected chi connectivity index (χ2v) is 3.46. The van der Waals surface area contributed by atoms with Crippen molar-refractivity contribution in [2.45, 2.75) is 13.3 Å². The molecule has 0 spiro atoms. The number of hydrogen-bond donors (Lipinski definition) is 2. The fourth-order valence-corrected chi connectivity index (χ4v) is 1.23. The van der Waals surface area contributed by atoms with E-state index in [4.69, 9.17) is 5.11 Å². The van der Waals surface area contributed by atoms with Crippen LogP contribution in [0.15, 0.2) is 18.2 Å². The van der Waals surface area contributed by atoms with Gasteiger partial charge in [-0.25, -0.2) is 8.78 Å². The molecule has 0 saturated heterocycles. The van der Waals surface area contributed by atoms with Crippen LogP contribution in [-0.2, 0) is 0 Å². The van der Waals surface area contributed by atoms with Crippen molar-refractivity contribution >= 4 is 5.69 Å². The quantitative estimate of drug-likeness (QED) is 0.790. The van der Waals surface area contributed by atoms with Gasteiger partial charge in [0.25, 0.3) is 0 Å². The molecule has 0 heterocycles. The first-order chi connectivity index (χ1) is 7.17. The highest BCUT2D eigenvalue weighted by atomic mass is 19.1. The fraction of sp³-hybridized carbons (Fsp3) is 0.455. The fourth-order valence-electron chi connectivity index (χ4n) is 1.23. The third kappa shape index (κ3) is 3.47. The Kier molecular flexibility index (Phi) is 4.49. The van der Waals surface area contributed by atoms with E-state index in [2.05, 4.69) is 5.32 Å². The van der Waals surface area contributed by atoms with Gasteiger partial charge in [-0.15, -0.1) is 0 Å². The maximum Gasteiger partial charge on any atom is 0.146 e. The number of anilines is 1. The molecule has 0 aliphatic rings. The topological polar surface area (TPSA) is 32.3 Å². The van der Waals surface area contributed by atoms with Gasteiger partial charge in [0.1, 0.15) is 11.6 Å². The van der Waals surface area contributed by atoms with Crippen molar-refractivity contribution in [3.8, 4) is 0 Å². The van der Waals surface area contributed by atoms with Crippen LogP contribution in [0.25, 0.3) is 0 Å². The van der Waals surface area contributed by atoms with Crippen molar-refractivity contribution in [1.82, 2.24) is 0 Å². The lowest BCUT2D eigenvalue weighted by atomic mass is 10.1. The van der Waals surface area contributed by atoms with Gasteiger partial charge in [0.15, 0.2) is 0 Å². The highest BCUT2D eigenvalue weighted by Crippen LogP contribution is 2.16. The minimum atomic E-state index is -0.482. The van der Waals surface area contributed by atoms with E-state index < -0.39 is 11.6 Å². The van der Waals surface area contributed by atoms with Crippen molar-refractivity contribution < 1.29 is 13.9 Å². The Bertz CT molecular complexity index is 313. The zero-order valence-electron chi connectivity index (χ0n) is 8.63. The normalized spacial score (nSPS) is 12.5. The number of benzene rings is 1. The maximum atomic E-state index is 13.1. The van der Waals surface area contributed by atoms with Gasteiger partial charge in [-0.1, -0.05) is 6.92 Å². The van der Waals surface area contributed by atoms with Crippen LogP contribution < -0.4 is 5.32 Å². The Morgan fingerprint density at radius 3 is 2.73 bits per heavy atom. The van der Waals surface area contributed by atoms with E-state index in [9.17, 15) is 8.78 Å². The molecule has 0 aliphatic heterocycles. The first-order valence-electron chi connectivity index (χ1n) is 4.97. The molecule has 1 atom stereocenters. The molecule has 1 rings (SSSR count). The molecule has 0 amide bonds. The van der Waals surface area contributed by atoms with Crippen LogP contribution in [-0.4, -0.2) is 18.3 Å². The number of nitrogens with one attached hydrogen (secondary N) is 1. The molecular formula is C11H15F2NO. The standard InChI is InChI=1S/C11H15F2NO/c1-2-8(7-15)6-14-11-5-9(12)3-4-10(11)13/h3-5,8,14-15H,2,6-7H2,1H3. The van der Waals surface area contributed by atoms with E-state index in [1.165, 1.54) is 0 Å². The average molecular weight is 215 g/mol. The first-order valence-corrected chi connectivity index (χ1v) is 4.97. The molecule has 0 fully saturated rings. The van der Waals surface area contributed by atoms with Crippen LogP contribution in [0, 0.1) is 17.6 Å². The van der Waals surface area contributed by atoms with Crippen LogP contribution in [0.4, 0.5) is 14.5 Å². The van der Waals surface area contributed by atoms with Gasteiger partial charge in [0.05, 0.1) is 5.69 Å². The molecular weight excluding hydrogens is 200 g/mol. The minimum absolute atomic E-state index is 0.0421. The van der Waals surface area contributed by atoms with Crippen LogP contribution in [0.5, 0.6) is 0 Å². The van der Waals surface area contributed by atoms with E-state index in [0.29, 0.717) is 6.54 Å². The zero-order valence-corrected chi connectivity index (χ0v) is 8.63. The second-order valence-electron chi connectivity index (χ2n) is 3.46. The summed E-state index contributed by atoms with van der Waals surface area (Å²) in [6.45, 7) is 2.41. The highest BCUT2D eigenvalue weighted by Gasteiger charge is 2.07. The summed E-state index contributed by atoms with van der Waals surface area (Å²) in [7, 11) is 0. The van der Waals surface area contributed by atoms with Crippen molar-refractivity contribution in [3.05, 3.63) is 29.8 Å². The Labute approximate surface area is 87.9 Å². The summed E-state index contributed by atoms with van der Waals surface area (Å²) in [5.74, 6) is -0.896. The molecule has 0 saturated carbocycles. The van der Waals surface area contributed by atoms with Crippen LogP contribution in [0.3, 0.4) is 0 Å². The summed E-state index contributed by atoms with van der Waals surface area (Å²) in [6, 6.07) is 3.26. The van der Waals surface area contributed by atoms with Crippen molar-refractivity contribution in [1.29, 1.82) is 0 Å². The van der Waals surface area contributed by atoms with Crippen molar-refractivity contribution in [2.75, 3.05) is 18.5 Å². The molecule has 84 valence electrons. The van der Waals surface area contributed by atoms with Crippen molar-refractivity contribution in [3.63, 3.8) is 0 Å². The third-order valence-electron chi connectivity index (χ3n) is 2.35. The molecule has 4 heteroatoms.